The highest BCUT2D eigenvalue weighted by molar-refractivity contribution is 4.75. The molecule has 0 radical (unpaired) electrons. The lowest BCUT2D eigenvalue weighted by Crippen LogP contribution is -2.45. The molecule has 0 bridgehead atoms. The molecular formula is C13H23N5. The number of nitrogens with one attached hydrogen (secondary N) is 1. The van der Waals surface area contributed by atoms with Gasteiger partial charge in [0.1, 0.15) is 0 Å². The fraction of sp³-hybridized carbons (Fsp3) is 0.846. The van der Waals surface area contributed by atoms with Crippen LogP contribution in [0.25, 0.3) is 0 Å². The van der Waals surface area contributed by atoms with Gasteiger partial charge in [0.05, 0.1) is 18.8 Å². The molecule has 0 unspecified atom stereocenters. The summed E-state index contributed by atoms with van der Waals surface area (Å²) in [5.74, 6) is 0. The standard InChI is InChI=1S/C13H23N5/c14-5-1-7-16-8-3-10-18-12-4-11-17(13-18)9-2-6-15/h16H,1-4,7-13H2. The first kappa shape index (κ1) is 14.9. The van der Waals surface area contributed by atoms with Gasteiger partial charge >= 0.3 is 0 Å². The van der Waals surface area contributed by atoms with Crippen LogP contribution >= 0.6 is 0 Å². The van der Waals surface area contributed by atoms with Crippen LogP contribution in [0.1, 0.15) is 25.7 Å². The van der Waals surface area contributed by atoms with Crippen molar-refractivity contribution in [2.45, 2.75) is 25.7 Å². The van der Waals surface area contributed by atoms with Gasteiger partial charge in [-0.3, -0.25) is 9.80 Å². The molecule has 0 aromatic rings. The van der Waals surface area contributed by atoms with Crippen LogP contribution in [-0.4, -0.2) is 55.7 Å². The molecule has 1 fully saturated rings. The first-order valence-corrected chi connectivity index (χ1v) is 6.76. The highest BCUT2D eigenvalue weighted by Gasteiger charge is 2.15. The molecule has 18 heavy (non-hydrogen) atoms. The molecule has 0 aromatic heterocycles. The first-order chi connectivity index (χ1) is 8.86. The lowest BCUT2D eigenvalue weighted by atomic mass is 10.2. The number of nitriles is 2. The average Bonchev–Trinajstić information content (AvgIpc) is 2.41. The molecule has 1 N–H and O–H groups in total. The van der Waals surface area contributed by atoms with Gasteiger partial charge in [0.2, 0.25) is 0 Å². The molecular weight excluding hydrogens is 226 g/mol. The largest absolute Gasteiger partial charge is 0.316 e. The second-order valence-electron chi connectivity index (χ2n) is 4.65. The average molecular weight is 249 g/mol. The Labute approximate surface area is 110 Å². The maximum Gasteiger partial charge on any atom is 0.0635 e. The third kappa shape index (κ3) is 6.56. The predicted molar refractivity (Wildman–Crippen MR) is 70.6 cm³/mol. The van der Waals surface area contributed by atoms with E-state index in [2.05, 4.69) is 27.3 Å². The Morgan fingerprint density at radius 2 is 1.67 bits per heavy atom. The third-order valence-electron chi connectivity index (χ3n) is 3.13. The van der Waals surface area contributed by atoms with Crippen LogP contribution in [0.15, 0.2) is 0 Å². The van der Waals surface area contributed by atoms with Crippen LogP contribution in [0.3, 0.4) is 0 Å². The Bertz CT molecular complexity index is 291. The van der Waals surface area contributed by atoms with E-state index in [4.69, 9.17) is 10.5 Å². The number of hydrogen-bond donors (Lipinski definition) is 1. The summed E-state index contributed by atoms with van der Waals surface area (Å²) in [5.41, 5.74) is 0. The predicted octanol–water partition coefficient (Wildman–Crippen LogP) is 0.759. The van der Waals surface area contributed by atoms with Crippen LogP contribution in [-0.2, 0) is 0 Å². The summed E-state index contributed by atoms with van der Waals surface area (Å²) in [6, 6.07) is 4.33. The SMILES string of the molecule is N#CCCNCCCN1CCCN(CCC#N)C1. The van der Waals surface area contributed by atoms with Gasteiger partial charge in [-0.25, -0.2) is 0 Å². The van der Waals surface area contributed by atoms with E-state index in [1.807, 2.05) is 0 Å². The third-order valence-corrected chi connectivity index (χ3v) is 3.13. The van der Waals surface area contributed by atoms with E-state index in [0.29, 0.717) is 12.8 Å². The van der Waals surface area contributed by atoms with Crippen molar-refractivity contribution in [2.24, 2.45) is 0 Å². The number of hydrogen-bond acceptors (Lipinski definition) is 5. The van der Waals surface area contributed by atoms with E-state index in [1.54, 1.807) is 0 Å². The van der Waals surface area contributed by atoms with Crippen LogP contribution in [0.2, 0.25) is 0 Å². The second-order valence-corrected chi connectivity index (χ2v) is 4.65. The zero-order valence-electron chi connectivity index (χ0n) is 11.1. The Morgan fingerprint density at radius 3 is 2.39 bits per heavy atom. The molecule has 0 aliphatic carbocycles. The number of nitrogens with zero attached hydrogens (tertiary/aromatic N) is 4. The minimum absolute atomic E-state index is 0.589. The molecule has 5 heteroatoms. The van der Waals surface area contributed by atoms with Crippen molar-refractivity contribution >= 4 is 0 Å². The zero-order chi connectivity index (χ0) is 13.1. The summed E-state index contributed by atoms with van der Waals surface area (Å²) in [4.78, 5) is 4.81. The molecule has 5 nitrogen and oxygen atoms in total. The lowest BCUT2D eigenvalue weighted by molar-refractivity contribution is 0.0869. The van der Waals surface area contributed by atoms with Crippen LogP contribution in [0.5, 0.6) is 0 Å². The van der Waals surface area contributed by atoms with Crippen molar-refractivity contribution in [3.63, 3.8) is 0 Å². The summed E-state index contributed by atoms with van der Waals surface area (Å²) < 4.78 is 0. The summed E-state index contributed by atoms with van der Waals surface area (Å²) in [5, 5.41) is 20.3. The van der Waals surface area contributed by atoms with Crippen molar-refractivity contribution in [1.29, 1.82) is 10.5 Å². The minimum atomic E-state index is 0.589. The summed E-state index contributed by atoms with van der Waals surface area (Å²) in [7, 11) is 0. The van der Waals surface area contributed by atoms with E-state index < -0.39 is 0 Å². The molecule has 0 saturated carbocycles. The fourth-order valence-corrected chi connectivity index (χ4v) is 2.21. The monoisotopic (exact) mass is 249 g/mol. The van der Waals surface area contributed by atoms with Crippen molar-refractivity contribution in [3.8, 4) is 12.1 Å². The first-order valence-electron chi connectivity index (χ1n) is 6.76. The molecule has 0 spiro atoms. The van der Waals surface area contributed by atoms with Gasteiger partial charge in [-0.1, -0.05) is 0 Å². The molecule has 1 saturated heterocycles. The molecule has 1 rings (SSSR count). The van der Waals surface area contributed by atoms with Gasteiger partial charge in [0.25, 0.3) is 0 Å². The van der Waals surface area contributed by atoms with E-state index in [-0.39, 0.29) is 0 Å². The Hall–Kier alpha value is -1.14. The molecule has 1 heterocycles. The topological polar surface area (TPSA) is 66.1 Å². The van der Waals surface area contributed by atoms with E-state index >= 15 is 0 Å². The Morgan fingerprint density at radius 1 is 0.944 bits per heavy atom. The Kier molecular flexibility index (Phi) is 8.16. The van der Waals surface area contributed by atoms with Crippen LogP contribution in [0.4, 0.5) is 0 Å². The van der Waals surface area contributed by atoms with Crippen molar-refractivity contribution in [1.82, 2.24) is 15.1 Å². The van der Waals surface area contributed by atoms with Crippen LogP contribution < -0.4 is 5.32 Å². The normalized spacial score (nSPS) is 17.2. The molecule has 0 atom stereocenters. The van der Waals surface area contributed by atoms with E-state index in [1.165, 1.54) is 13.0 Å². The van der Waals surface area contributed by atoms with Gasteiger partial charge in [0, 0.05) is 45.6 Å². The van der Waals surface area contributed by atoms with Gasteiger partial charge in [-0.15, -0.1) is 0 Å². The van der Waals surface area contributed by atoms with Crippen molar-refractivity contribution in [3.05, 3.63) is 0 Å². The van der Waals surface area contributed by atoms with Crippen molar-refractivity contribution < 1.29 is 0 Å². The highest BCUT2D eigenvalue weighted by atomic mass is 15.3. The molecule has 0 amide bonds. The van der Waals surface area contributed by atoms with Gasteiger partial charge in [-0.2, -0.15) is 10.5 Å². The fourth-order valence-electron chi connectivity index (χ4n) is 2.21. The molecule has 0 aromatic carbocycles. The minimum Gasteiger partial charge on any atom is -0.316 e. The highest BCUT2D eigenvalue weighted by Crippen LogP contribution is 2.06. The zero-order valence-corrected chi connectivity index (χ0v) is 11.1. The summed E-state index contributed by atoms with van der Waals surface area (Å²) in [6.07, 6.45) is 3.54. The van der Waals surface area contributed by atoms with Crippen molar-refractivity contribution in [2.75, 3.05) is 45.9 Å². The summed E-state index contributed by atoms with van der Waals surface area (Å²) >= 11 is 0. The molecule has 100 valence electrons. The van der Waals surface area contributed by atoms with Gasteiger partial charge < -0.3 is 5.32 Å². The number of rotatable bonds is 8. The van der Waals surface area contributed by atoms with Crippen LogP contribution in [0, 0.1) is 22.7 Å². The van der Waals surface area contributed by atoms with E-state index in [9.17, 15) is 0 Å². The quantitative estimate of drug-likeness (QED) is 0.643. The van der Waals surface area contributed by atoms with E-state index in [0.717, 1.165) is 45.8 Å². The maximum absolute atomic E-state index is 8.59. The lowest BCUT2D eigenvalue weighted by Gasteiger charge is -2.35. The molecule has 1 aliphatic heterocycles. The smallest absolute Gasteiger partial charge is 0.0635 e. The van der Waals surface area contributed by atoms with Gasteiger partial charge in [0.15, 0.2) is 0 Å². The second kappa shape index (κ2) is 9.85. The summed E-state index contributed by atoms with van der Waals surface area (Å²) in [6.45, 7) is 7.07. The Balaban J connectivity index is 2.04. The molecule has 1 aliphatic rings. The maximum atomic E-state index is 8.59. The van der Waals surface area contributed by atoms with Gasteiger partial charge in [-0.05, 0) is 19.4 Å².